The van der Waals surface area contributed by atoms with Crippen molar-refractivity contribution in [1.29, 1.82) is 0 Å². The molecule has 0 spiro atoms. The summed E-state index contributed by atoms with van der Waals surface area (Å²) in [4.78, 5) is 35.2. The van der Waals surface area contributed by atoms with Gasteiger partial charge in [-0.15, -0.1) is 0 Å². The maximum Gasteiger partial charge on any atom is 0.229 e. The minimum atomic E-state index is -0.184. The van der Waals surface area contributed by atoms with Gasteiger partial charge in [-0.25, -0.2) is 4.98 Å². The first-order valence-corrected chi connectivity index (χ1v) is 10.1. The number of pyridine rings is 1. The van der Waals surface area contributed by atoms with E-state index in [1.165, 1.54) is 10.5 Å². The summed E-state index contributed by atoms with van der Waals surface area (Å²) in [6.45, 7) is 11.7. The lowest BCUT2D eigenvalue weighted by atomic mass is 9.82. The molecule has 3 heterocycles. The van der Waals surface area contributed by atoms with Crippen molar-refractivity contribution in [3.05, 3.63) is 23.9 Å². The van der Waals surface area contributed by atoms with Crippen LogP contribution >= 0.6 is 0 Å². The molecule has 0 aliphatic carbocycles. The van der Waals surface area contributed by atoms with E-state index in [1.54, 1.807) is 0 Å². The van der Waals surface area contributed by atoms with Gasteiger partial charge in [0.2, 0.25) is 11.8 Å². The third kappa shape index (κ3) is 5.06. The summed E-state index contributed by atoms with van der Waals surface area (Å²) in [6.07, 6.45) is 4.72. The van der Waals surface area contributed by atoms with E-state index in [2.05, 4.69) is 27.8 Å². The number of rotatable bonds is 6. The Morgan fingerprint density at radius 3 is 2.26 bits per heavy atom. The Morgan fingerprint density at radius 2 is 1.63 bits per heavy atom. The van der Waals surface area contributed by atoms with Gasteiger partial charge >= 0.3 is 0 Å². The van der Waals surface area contributed by atoms with Crippen molar-refractivity contribution < 1.29 is 9.59 Å². The zero-order valence-corrected chi connectivity index (χ0v) is 16.9. The molecule has 3 rings (SSSR count). The number of amides is 2. The van der Waals surface area contributed by atoms with Crippen molar-refractivity contribution >= 4 is 17.6 Å². The largest absolute Gasteiger partial charge is 0.354 e. The predicted octanol–water partition coefficient (Wildman–Crippen LogP) is 2.47. The van der Waals surface area contributed by atoms with E-state index in [9.17, 15) is 9.59 Å². The van der Waals surface area contributed by atoms with Crippen LogP contribution in [0.5, 0.6) is 0 Å². The lowest BCUT2D eigenvalue weighted by Crippen LogP contribution is -2.48. The van der Waals surface area contributed by atoms with Crippen LogP contribution in [0, 0.1) is 12.3 Å². The van der Waals surface area contributed by atoms with E-state index >= 15 is 0 Å². The standard InChI is InChI=1S/C21H32N4O2/c1-17-7-6-8-22-20(17)24-13-11-23(12-14-24)9-4-5-10-25-18(26)15-21(2,3)16-19(25)27/h6-8H,4-5,9-16H2,1-3H3. The number of aryl methyl sites for hydroxylation is 1. The molecule has 2 saturated heterocycles. The fourth-order valence-electron chi connectivity index (χ4n) is 4.06. The van der Waals surface area contributed by atoms with Gasteiger partial charge in [0.05, 0.1) is 0 Å². The molecular weight excluding hydrogens is 340 g/mol. The number of nitrogens with zero attached hydrogens (tertiary/aromatic N) is 4. The normalized spacial score (nSPS) is 21.0. The van der Waals surface area contributed by atoms with E-state index in [-0.39, 0.29) is 17.2 Å². The molecule has 1 aromatic rings. The molecule has 0 radical (unpaired) electrons. The van der Waals surface area contributed by atoms with Gasteiger partial charge < -0.3 is 4.90 Å². The van der Waals surface area contributed by atoms with Gasteiger partial charge in [-0.05, 0) is 43.4 Å². The number of aromatic nitrogens is 1. The van der Waals surface area contributed by atoms with Crippen molar-refractivity contribution in [2.24, 2.45) is 5.41 Å². The van der Waals surface area contributed by atoms with Crippen molar-refractivity contribution in [1.82, 2.24) is 14.8 Å². The number of piperazine rings is 1. The lowest BCUT2D eigenvalue weighted by molar-refractivity contribution is -0.152. The molecule has 148 valence electrons. The highest BCUT2D eigenvalue weighted by Gasteiger charge is 2.36. The molecular formula is C21H32N4O2. The molecule has 0 saturated carbocycles. The Hall–Kier alpha value is -1.95. The number of unbranched alkanes of at least 4 members (excludes halogenated alkanes) is 1. The average molecular weight is 373 g/mol. The molecule has 0 atom stereocenters. The fourth-order valence-corrected chi connectivity index (χ4v) is 4.06. The molecule has 0 unspecified atom stereocenters. The first-order chi connectivity index (χ1) is 12.9. The van der Waals surface area contributed by atoms with Gasteiger partial charge in [-0.3, -0.25) is 19.4 Å². The van der Waals surface area contributed by atoms with Crippen molar-refractivity contribution in [3.8, 4) is 0 Å². The van der Waals surface area contributed by atoms with E-state index in [0.717, 1.165) is 51.4 Å². The topological polar surface area (TPSA) is 56.8 Å². The smallest absolute Gasteiger partial charge is 0.229 e. The van der Waals surface area contributed by atoms with Crippen LogP contribution in [0.3, 0.4) is 0 Å². The maximum atomic E-state index is 12.2. The number of piperidine rings is 1. The van der Waals surface area contributed by atoms with Crippen LogP contribution in [-0.4, -0.2) is 65.9 Å². The monoisotopic (exact) mass is 372 g/mol. The van der Waals surface area contributed by atoms with Gasteiger partial charge in [0.15, 0.2) is 0 Å². The van der Waals surface area contributed by atoms with Crippen LogP contribution in [0.4, 0.5) is 5.82 Å². The highest BCUT2D eigenvalue weighted by molar-refractivity contribution is 5.98. The van der Waals surface area contributed by atoms with E-state index in [4.69, 9.17) is 0 Å². The van der Waals surface area contributed by atoms with Gasteiger partial charge in [0.1, 0.15) is 5.82 Å². The Kier molecular flexibility index (Phi) is 6.15. The number of anilines is 1. The molecule has 6 nitrogen and oxygen atoms in total. The maximum absolute atomic E-state index is 12.2. The number of hydrogen-bond acceptors (Lipinski definition) is 5. The molecule has 2 amide bonds. The molecule has 27 heavy (non-hydrogen) atoms. The summed E-state index contributed by atoms with van der Waals surface area (Å²) in [5, 5.41) is 0. The second kappa shape index (κ2) is 8.38. The Morgan fingerprint density at radius 1 is 1.00 bits per heavy atom. The molecule has 0 bridgehead atoms. The lowest BCUT2D eigenvalue weighted by Gasteiger charge is -2.36. The summed E-state index contributed by atoms with van der Waals surface area (Å²) in [6, 6.07) is 4.09. The van der Waals surface area contributed by atoms with E-state index < -0.39 is 0 Å². The Labute approximate surface area is 162 Å². The van der Waals surface area contributed by atoms with E-state index in [0.29, 0.717) is 19.4 Å². The number of imide groups is 1. The van der Waals surface area contributed by atoms with Crippen LogP contribution in [0.25, 0.3) is 0 Å². The van der Waals surface area contributed by atoms with Crippen LogP contribution < -0.4 is 4.90 Å². The van der Waals surface area contributed by atoms with E-state index in [1.807, 2.05) is 26.1 Å². The highest BCUT2D eigenvalue weighted by atomic mass is 16.2. The second-order valence-electron chi connectivity index (χ2n) is 8.64. The summed E-state index contributed by atoms with van der Waals surface area (Å²) in [5.41, 5.74) is 1.04. The Bertz CT molecular complexity index is 661. The van der Waals surface area contributed by atoms with Gasteiger partial charge in [0.25, 0.3) is 0 Å². The Balaban J connectivity index is 1.37. The predicted molar refractivity (Wildman–Crippen MR) is 107 cm³/mol. The molecule has 6 heteroatoms. The summed E-state index contributed by atoms with van der Waals surface area (Å²) >= 11 is 0. The zero-order valence-electron chi connectivity index (χ0n) is 16.9. The number of carbonyl (C=O) groups excluding carboxylic acids is 2. The molecule has 0 N–H and O–H groups in total. The summed E-state index contributed by atoms with van der Waals surface area (Å²) in [5.74, 6) is 1.09. The third-order valence-corrected chi connectivity index (χ3v) is 5.62. The number of likely N-dealkylation sites (tertiary alicyclic amines) is 1. The molecule has 0 aromatic carbocycles. The summed E-state index contributed by atoms with van der Waals surface area (Å²) < 4.78 is 0. The van der Waals surface area contributed by atoms with Crippen molar-refractivity contribution in [2.75, 3.05) is 44.2 Å². The zero-order chi connectivity index (χ0) is 19.4. The first kappa shape index (κ1) is 19.8. The summed E-state index contributed by atoms with van der Waals surface area (Å²) in [7, 11) is 0. The minimum Gasteiger partial charge on any atom is -0.354 e. The SMILES string of the molecule is Cc1cccnc1N1CCN(CCCCN2C(=O)CC(C)(C)CC2=O)CC1. The first-order valence-electron chi connectivity index (χ1n) is 10.1. The van der Waals surface area contributed by atoms with Crippen LogP contribution in [-0.2, 0) is 9.59 Å². The average Bonchev–Trinajstić information content (AvgIpc) is 2.60. The number of carbonyl (C=O) groups is 2. The van der Waals surface area contributed by atoms with Crippen LogP contribution in [0.1, 0.15) is 45.1 Å². The van der Waals surface area contributed by atoms with Gasteiger partial charge in [-0.1, -0.05) is 19.9 Å². The van der Waals surface area contributed by atoms with Crippen LogP contribution in [0.15, 0.2) is 18.3 Å². The minimum absolute atomic E-state index is 0.00408. The molecule has 1 aromatic heterocycles. The van der Waals surface area contributed by atoms with Gasteiger partial charge in [-0.2, -0.15) is 0 Å². The molecule has 2 aliphatic rings. The quantitative estimate of drug-likeness (QED) is 0.567. The highest BCUT2D eigenvalue weighted by Crippen LogP contribution is 2.31. The third-order valence-electron chi connectivity index (χ3n) is 5.62. The molecule has 2 aliphatic heterocycles. The fraction of sp³-hybridized carbons (Fsp3) is 0.667. The van der Waals surface area contributed by atoms with Crippen molar-refractivity contribution in [2.45, 2.75) is 46.5 Å². The second-order valence-corrected chi connectivity index (χ2v) is 8.64. The van der Waals surface area contributed by atoms with Crippen LogP contribution in [0.2, 0.25) is 0 Å². The molecule has 2 fully saturated rings. The number of hydrogen-bond donors (Lipinski definition) is 0. The van der Waals surface area contributed by atoms with Gasteiger partial charge in [0, 0.05) is 51.8 Å². The van der Waals surface area contributed by atoms with Crippen molar-refractivity contribution in [3.63, 3.8) is 0 Å².